The van der Waals surface area contributed by atoms with E-state index in [9.17, 15) is 25.2 Å². The Morgan fingerprint density at radius 1 is 0.857 bits per heavy atom. The third-order valence-electron chi connectivity index (χ3n) is 9.61. The number of allylic oxidation sites excluding steroid dienone is 3. The van der Waals surface area contributed by atoms with Gasteiger partial charge in [-0.2, -0.15) is 0 Å². The summed E-state index contributed by atoms with van der Waals surface area (Å²) in [5, 5.41) is 43.3. The molecule has 0 saturated carbocycles. The predicted molar refractivity (Wildman–Crippen MR) is 193 cm³/mol. The van der Waals surface area contributed by atoms with Gasteiger partial charge in [0.25, 0.3) is 0 Å². The minimum absolute atomic E-state index is 0.00543. The molecule has 4 aromatic carbocycles. The van der Waals surface area contributed by atoms with Gasteiger partial charge in [-0.1, -0.05) is 67.1 Å². The molecule has 1 aliphatic rings. The Bertz CT molecular complexity index is 1740. The number of benzene rings is 4. The van der Waals surface area contributed by atoms with Gasteiger partial charge in [0.1, 0.15) is 23.9 Å². The summed E-state index contributed by atoms with van der Waals surface area (Å²) < 4.78 is 11.7. The van der Waals surface area contributed by atoms with Crippen molar-refractivity contribution in [1.82, 2.24) is 0 Å². The van der Waals surface area contributed by atoms with Crippen LogP contribution in [0.5, 0.6) is 17.2 Å². The third kappa shape index (κ3) is 9.97. The van der Waals surface area contributed by atoms with E-state index in [4.69, 9.17) is 9.47 Å². The van der Waals surface area contributed by atoms with E-state index in [1.54, 1.807) is 31.4 Å². The number of carbonyl (C=O) groups is 1. The summed E-state index contributed by atoms with van der Waals surface area (Å²) in [5.74, 6) is 1.52. The van der Waals surface area contributed by atoms with Gasteiger partial charge in [-0.15, -0.1) is 0 Å². The summed E-state index contributed by atoms with van der Waals surface area (Å²) in [5.41, 5.74) is 2.57. The number of phenols is 1. The van der Waals surface area contributed by atoms with Crippen molar-refractivity contribution in [3.8, 4) is 17.2 Å². The molecule has 0 aliphatic heterocycles. The molecule has 0 bridgehead atoms. The molecule has 258 valence electrons. The zero-order valence-electron chi connectivity index (χ0n) is 28.3. The maximum absolute atomic E-state index is 13.1. The van der Waals surface area contributed by atoms with Crippen LogP contribution in [0.15, 0.2) is 109 Å². The maximum atomic E-state index is 13.1. The van der Waals surface area contributed by atoms with E-state index in [0.717, 1.165) is 47.6 Å². The Kier molecular flexibility index (Phi) is 12.5. The molecule has 0 amide bonds. The van der Waals surface area contributed by atoms with Crippen LogP contribution in [-0.4, -0.2) is 46.0 Å². The van der Waals surface area contributed by atoms with Gasteiger partial charge in [0.15, 0.2) is 11.5 Å². The fourth-order valence-corrected chi connectivity index (χ4v) is 7.04. The normalized spacial score (nSPS) is 17.9. The number of aryl methyl sites for hydroxylation is 2. The standard InChI is InChI=1S/C42H48O7/c1-48-40-20-13-31(24-41(40)49-29-32-11-14-34-25-36(44)18-15-33(34)23-32)12-17-37(45)26-39(47)28-42(21-22-43)27-38(46)19-16-35(42)10-6-5-9-30-7-3-2-4-8-30/h2-4,7-8,11,13-16,18-20,23-25,27,35,39,43-44,46-47H,5-6,9-10,12,17,21-22,26,28-29H2,1H3/t35-,39+,42-/m0/s1. The van der Waals surface area contributed by atoms with Gasteiger partial charge in [0.2, 0.25) is 0 Å². The van der Waals surface area contributed by atoms with Gasteiger partial charge in [0, 0.05) is 24.9 Å². The second-order valence-electron chi connectivity index (χ2n) is 13.2. The number of aromatic hydroxyl groups is 1. The third-order valence-corrected chi connectivity index (χ3v) is 9.61. The molecule has 0 unspecified atom stereocenters. The first-order valence-electron chi connectivity index (χ1n) is 17.2. The van der Waals surface area contributed by atoms with E-state index in [1.807, 2.05) is 66.7 Å². The van der Waals surface area contributed by atoms with Crippen LogP contribution in [-0.2, 0) is 24.2 Å². The van der Waals surface area contributed by atoms with Crippen molar-refractivity contribution in [1.29, 1.82) is 0 Å². The summed E-state index contributed by atoms with van der Waals surface area (Å²) in [6.07, 6.45) is 9.86. The van der Waals surface area contributed by atoms with E-state index < -0.39 is 11.5 Å². The molecule has 0 spiro atoms. The predicted octanol–water partition coefficient (Wildman–Crippen LogP) is 8.19. The van der Waals surface area contributed by atoms with Crippen molar-refractivity contribution in [2.45, 2.75) is 70.5 Å². The number of aliphatic hydroxyl groups is 3. The number of rotatable bonds is 18. The van der Waals surface area contributed by atoms with Gasteiger partial charge in [0.05, 0.1) is 13.2 Å². The second-order valence-corrected chi connectivity index (χ2v) is 13.2. The monoisotopic (exact) mass is 664 g/mol. The molecule has 0 radical (unpaired) electrons. The fraction of sp³-hybridized carbons (Fsp3) is 0.357. The molecule has 4 N–H and O–H groups in total. The van der Waals surface area contributed by atoms with Crippen molar-refractivity contribution in [2.75, 3.05) is 13.7 Å². The number of aliphatic hydroxyl groups excluding tert-OH is 3. The maximum Gasteiger partial charge on any atom is 0.161 e. The van der Waals surface area contributed by atoms with E-state index >= 15 is 0 Å². The van der Waals surface area contributed by atoms with Crippen LogP contribution < -0.4 is 9.47 Å². The average Bonchev–Trinajstić information content (AvgIpc) is 3.09. The van der Waals surface area contributed by atoms with Gasteiger partial charge >= 0.3 is 0 Å². The number of hydrogen-bond donors (Lipinski definition) is 4. The Balaban J connectivity index is 1.15. The molecule has 0 heterocycles. The lowest BCUT2D eigenvalue weighted by atomic mass is 9.65. The lowest BCUT2D eigenvalue weighted by Crippen LogP contribution is -2.35. The van der Waals surface area contributed by atoms with E-state index in [1.165, 1.54) is 5.56 Å². The summed E-state index contributed by atoms with van der Waals surface area (Å²) in [6, 6.07) is 27.2. The molecular formula is C42H48O7. The number of fused-ring (bicyclic) bond motifs is 1. The molecule has 0 aromatic heterocycles. The summed E-state index contributed by atoms with van der Waals surface area (Å²) >= 11 is 0. The Labute approximate surface area is 289 Å². The first-order valence-corrected chi connectivity index (χ1v) is 17.2. The van der Waals surface area contributed by atoms with Gasteiger partial charge < -0.3 is 29.9 Å². The first-order chi connectivity index (χ1) is 23.8. The largest absolute Gasteiger partial charge is 0.508 e. The highest BCUT2D eigenvalue weighted by Crippen LogP contribution is 2.45. The van der Waals surface area contributed by atoms with E-state index in [0.29, 0.717) is 30.9 Å². The van der Waals surface area contributed by atoms with E-state index in [2.05, 4.69) is 12.1 Å². The molecule has 7 nitrogen and oxygen atoms in total. The number of methoxy groups -OCH3 is 1. The molecule has 1 aliphatic carbocycles. The highest BCUT2D eigenvalue weighted by Gasteiger charge is 2.39. The van der Waals surface area contributed by atoms with Crippen molar-refractivity contribution in [3.05, 3.63) is 126 Å². The smallest absolute Gasteiger partial charge is 0.161 e. The average molecular weight is 665 g/mol. The summed E-state index contributed by atoms with van der Waals surface area (Å²) in [4.78, 5) is 13.1. The molecule has 49 heavy (non-hydrogen) atoms. The van der Waals surface area contributed by atoms with Crippen molar-refractivity contribution in [3.63, 3.8) is 0 Å². The molecule has 7 heteroatoms. The number of hydrogen-bond acceptors (Lipinski definition) is 7. The fourth-order valence-electron chi connectivity index (χ4n) is 7.04. The highest BCUT2D eigenvalue weighted by atomic mass is 16.5. The van der Waals surface area contributed by atoms with Gasteiger partial charge in [-0.05, 0) is 114 Å². The zero-order chi connectivity index (χ0) is 34.6. The minimum atomic E-state index is -0.901. The number of ether oxygens (including phenoxy) is 2. The topological polar surface area (TPSA) is 116 Å². The van der Waals surface area contributed by atoms with Crippen LogP contribution in [0.2, 0.25) is 0 Å². The lowest BCUT2D eigenvalue weighted by molar-refractivity contribution is -0.121. The van der Waals surface area contributed by atoms with Crippen LogP contribution in [0, 0.1) is 11.3 Å². The number of Topliss-reactive ketones (excluding diaryl/α,β-unsaturated/α-hetero) is 1. The van der Waals surface area contributed by atoms with Gasteiger partial charge in [-0.3, -0.25) is 4.79 Å². The molecular weight excluding hydrogens is 616 g/mol. The van der Waals surface area contributed by atoms with Gasteiger partial charge in [-0.25, -0.2) is 0 Å². The van der Waals surface area contributed by atoms with Crippen LogP contribution >= 0.6 is 0 Å². The summed E-state index contributed by atoms with van der Waals surface area (Å²) in [6.45, 7) is 0.247. The number of unbranched alkanes of at least 4 members (excludes halogenated alkanes) is 1. The highest BCUT2D eigenvalue weighted by molar-refractivity contribution is 5.84. The van der Waals surface area contributed by atoms with Crippen LogP contribution in [0.1, 0.15) is 61.6 Å². The Hall–Kier alpha value is -4.59. The van der Waals surface area contributed by atoms with Crippen LogP contribution in [0.25, 0.3) is 10.8 Å². The van der Waals surface area contributed by atoms with Crippen molar-refractivity contribution >= 4 is 16.6 Å². The van der Waals surface area contributed by atoms with Crippen molar-refractivity contribution in [2.24, 2.45) is 11.3 Å². The molecule has 4 aromatic rings. The second kappa shape index (κ2) is 17.2. The number of phenolic OH excluding ortho intramolecular Hbond substituents is 1. The van der Waals surface area contributed by atoms with Crippen LogP contribution in [0.3, 0.4) is 0 Å². The quantitative estimate of drug-likeness (QED) is 0.0793. The Morgan fingerprint density at radius 3 is 2.43 bits per heavy atom. The Morgan fingerprint density at radius 2 is 1.63 bits per heavy atom. The zero-order valence-corrected chi connectivity index (χ0v) is 28.3. The number of ketones is 1. The molecule has 0 saturated heterocycles. The van der Waals surface area contributed by atoms with Crippen molar-refractivity contribution < 1.29 is 34.7 Å². The molecule has 0 fully saturated rings. The lowest BCUT2D eigenvalue weighted by Gasteiger charge is -2.40. The molecule has 3 atom stereocenters. The molecule has 5 rings (SSSR count). The minimum Gasteiger partial charge on any atom is -0.508 e. The van der Waals surface area contributed by atoms with E-state index in [-0.39, 0.29) is 49.1 Å². The summed E-state index contributed by atoms with van der Waals surface area (Å²) in [7, 11) is 1.59. The number of carbonyl (C=O) groups excluding carboxylic acids is 1. The SMILES string of the molecule is COc1ccc(CCC(=O)C[C@@H](O)C[C@]2(CCO)C=C(O)C=C[C@@H]2CCCCc2ccccc2)cc1OCc1ccc2cc(O)ccc2c1. The first kappa shape index (κ1) is 35.7. The van der Waals surface area contributed by atoms with Crippen LogP contribution in [0.4, 0.5) is 0 Å².